The Morgan fingerprint density at radius 3 is 2.00 bits per heavy atom. The molecule has 0 saturated heterocycles. The van der Waals surface area contributed by atoms with Crippen molar-refractivity contribution in [3.05, 3.63) is 0 Å². The lowest BCUT2D eigenvalue weighted by Gasteiger charge is -2.25. The first-order valence-corrected chi connectivity index (χ1v) is 6.95. The maximum absolute atomic E-state index is 13.0. The molecule has 1 unspecified atom stereocenters. The number of esters is 1. The van der Waals surface area contributed by atoms with Crippen LogP contribution in [0.1, 0.15) is 20.8 Å². The van der Waals surface area contributed by atoms with Crippen molar-refractivity contribution < 1.29 is 31.3 Å². The van der Waals surface area contributed by atoms with Crippen LogP contribution in [-0.2, 0) is 19.6 Å². The summed E-state index contributed by atoms with van der Waals surface area (Å²) in [4.78, 5) is 9.12. The Bertz CT molecular complexity index is 373. The first-order chi connectivity index (χ1) is 6.80. The van der Waals surface area contributed by atoms with E-state index in [4.69, 9.17) is 4.55 Å². The third-order valence-electron chi connectivity index (χ3n) is 1.71. The number of alkyl halides is 2. The van der Waals surface area contributed by atoms with Crippen LogP contribution in [0.15, 0.2) is 0 Å². The lowest BCUT2D eigenvalue weighted by atomic mass is 9.97. The van der Waals surface area contributed by atoms with E-state index >= 15 is 0 Å². The minimum atomic E-state index is -5.57. The number of hydrogen-bond donors (Lipinski definition) is 1. The van der Waals surface area contributed by atoms with Crippen molar-refractivity contribution in [1.29, 1.82) is 0 Å². The topological polar surface area (TPSA) is 80.7 Å². The van der Waals surface area contributed by atoms with Gasteiger partial charge in [-0.25, -0.2) is 0 Å². The fourth-order valence-corrected chi connectivity index (χ4v) is 2.19. The summed E-state index contributed by atoms with van der Waals surface area (Å²) in [5, 5.41) is -4.46. The van der Waals surface area contributed by atoms with Gasteiger partial charge in [0.25, 0.3) is 16.3 Å². The van der Waals surface area contributed by atoms with Gasteiger partial charge in [-0.05, 0) is 20.8 Å². The Balaban J connectivity index is 4.87. The zero-order valence-corrected chi connectivity index (χ0v) is 12.1. The Morgan fingerprint density at radius 2 is 1.75 bits per heavy atom. The Kier molecular flexibility index (Phi) is 4.50. The van der Waals surface area contributed by atoms with Crippen molar-refractivity contribution >= 4 is 32.4 Å². The van der Waals surface area contributed by atoms with Crippen molar-refractivity contribution in [2.45, 2.75) is 31.0 Å². The Hall–Kier alpha value is -0.228. The van der Waals surface area contributed by atoms with E-state index in [0.29, 0.717) is 0 Å². The van der Waals surface area contributed by atoms with Gasteiger partial charge in [-0.2, -0.15) is 17.2 Å². The Morgan fingerprint density at radius 1 is 1.38 bits per heavy atom. The summed E-state index contributed by atoms with van der Waals surface area (Å²) in [7, 11) is -5.57. The summed E-state index contributed by atoms with van der Waals surface area (Å²) >= 11 is -0.422. The average molecular weight is 274 g/mol. The monoisotopic (exact) mass is 274 g/mol. The van der Waals surface area contributed by atoms with E-state index in [1.54, 1.807) is 0 Å². The van der Waals surface area contributed by atoms with E-state index in [1.165, 1.54) is 20.8 Å². The fourth-order valence-electron chi connectivity index (χ4n) is 0.616. The van der Waals surface area contributed by atoms with Crippen LogP contribution in [0.2, 0.25) is 0 Å². The molecule has 0 aliphatic carbocycles. The van der Waals surface area contributed by atoms with Gasteiger partial charge in [-0.15, -0.1) is 0 Å². The molecule has 0 bridgehead atoms. The molecule has 5 nitrogen and oxygen atoms in total. The molecule has 0 fully saturated rings. The molecule has 0 aliphatic rings. The van der Waals surface area contributed by atoms with Gasteiger partial charge >= 0.3 is 21.3 Å². The highest BCUT2D eigenvalue weighted by atomic mass is 32.2. The summed E-state index contributed by atoms with van der Waals surface area (Å²) in [5.74, 6) is -0.948. The highest BCUT2D eigenvalue weighted by Crippen LogP contribution is 2.27. The zero-order valence-electron chi connectivity index (χ0n) is 9.32. The molecule has 0 aliphatic heterocycles. The lowest BCUT2D eigenvalue weighted by Crippen LogP contribution is -2.45. The second kappa shape index (κ2) is 4.57. The smallest absolute Gasteiger partial charge is 0.391 e. The van der Waals surface area contributed by atoms with Crippen LogP contribution in [-0.4, -0.2) is 45.5 Å². The quantitative estimate of drug-likeness (QED) is 0.445. The second-order valence-corrected chi connectivity index (χ2v) is 6.88. The van der Waals surface area contributed by atoms with Crippen molar-refractivity contribution in [3.8, 4) is 0 Å². The standard InChI is InChI=1S/C7H11F2O5S.Al.2H/c1-6(2,3)5(10)14-4-7(8,9)15(11,12)13;;;/h4H,1-3H3,(H,11,12,13);;;. The molecular formula is C7H13AlF2O5S. The molecule has 1 atom stereocenters. The van der Waals surface area contributed by atoms with Crippen molar-refractivity contribution in [2.75, 3.05) is 0 Å². The SMILES string of the molecule is CC(C)(C)C(=O)O[CH]([AlH2])C(F)(F)S(=O)(=O)O. The Labute approximate surface area is 100 Å². The molecule has 0 amide bonds. The average Bonchev–Trinajstić information content (AvgIpc) is 1.99. The molecule has 94 valence electrons. The highest BCUT2D eigenvalue weighted by molar-refractivity contribution is 7.87. The number of carbonyl (C=O) groups is 1. The number of rotatable bonds is 3. The van der Waals surface area contributed by atoms with Crippen LogP contribution in [0.4, 0.5) is 8.78 Å². The molecule has 16 heavy (non-hydrogen) atoms. The summed E-state index contributed by atoms with van der Waals surface area (Å²) < 4.78 is 59.3. The van der Waals surface area contributed by atoms with Gasteiger partial charge in [0.05, 0.1) is 5.41 Å². The number of ether oxygens (including phenoxy) is 1. The molecule has 0 aromatic rings. The van der Waals surface area contributed by atoms with Crippen molar-refractivity contribution in [3.63, 3.8) is 0 Å². The van der Waals surface area contributed by atoms with E-state index in [1.807, 2.05) is 0 Å². The molecule has 1 N–H and O–H groups in total. The predicted molar refractivity (Wildman–Crippen MR) is 54.4 cm³/mol. The maximum Gasteiger partial charge on any atom is 0.391 e. The van der Waals surface area contributed by atoms with Crippen LogP contribution in [0.5, 0.6) is 0 Å². The van der Waals surface area contributed by atoms with E-state index in [0.717, 1.165) is 0 Å². The number of halogens is 2. The van der Waals surface area contributed by atoms with E-state index in [2.05, 4.69) is 4.74 Å². The summed E-state index contributed by atoms with van der Waals surface area (Å²) in [5.41, 5.74) is -1.02. The van der Waals surface area contributed by atoms with Gasteiger partial charge < -0.3 is 4.74 Å². The molecule has 0 saturated carbocycles. The third-order valence-corrected chi connectivity index (χ3v) is 4.11. The van der Waals surface area contributed by atoms with Crippen LogP contribution >= 0.6 is 0 Å². The molecule has 0 spiro atoms. The van der Waals surface area contributed by atoms with Gasteiger partial charge in [0.1, 0.15) is 4.97 Å². The van der Waals surface area contributed by atoms with Crippen LogP contribution in [0, 0.1) is 5.41 Å². The van der Waals surface area contributed by atoms with Gasteiger partial charge in [0, 0.05) is 0 Å². The van der Waals surface area contributed by atoms with Crippen LogP contribution in [0.3, 0.4) is 0 Å². The normalized spacial score (nSPS) is 15.6. The summed E-state index contributed by atoms with van der Waals surface area (Å²) in [6, 6.07) is 0. The predicted octanol–water partition coefficient (Wildman–Crippen LogP) is 0.0155. The summed E-state index contributed by atoms with van der Waals surface area (Å²) in [6.07, 6.45) is 0. The number of hydrogen-bond acceptors (Lipinski definition) is 4. The van der Waals surface area contributed by atoms with E-state index in [-0.39, 0.29) is 0 Å². The van der Waals surface area contributed by atoms with Crippen molar-refractivity contribution in [1.82, 2.24) is 0 Å². The lowest BCUT2D eigenvalue weighted by molar-refractivity contribution is -0.162. The maximum atomic E-state index is 13.0. The van der Waals surface area contributed by atoms with E-state index < -0.39 is 48.0 Å². The van der Waals surface area contributed by atoms with Crippen LogP contribution in [0.25, 0.3) is 0 Å². The summed E-state index contributed by atoms with van der Waals surface area (Å²) in [6.45, 7) is 4.32. The number of carbonyl (C=O) groups excluding carboxylic acids is 1. The highest BCUT2D eigenvalue weighted by Gasteiger charge is 2.51. The van der Waals surface area contributed by atoms with E-state index in [9.17, 15) is 22.0 Å². The van der Waals surface area contributed by atoms with Gasteiger partial charge in [-0.3, -0.25) is 9.35 Å². The first kappa shape index (κ1) is 15.8. The molecule has 9 heteroatoms. The molecule has 0 rings (SSSR count). The van der Waals surface area contributed by atoms with Crippen LogP contribution < -0.4 is 0 Å². The van der Waals surface area contributed by atoms with Gasteiger partial charge in [0.15, 0.2) is 0 Å². The third kappa shape index (κ3) is 3.66. The van der Waals surface area contributed by atoms with Crippen molar-refractivity contribution in [2.24, 2.45) is 5.41 Å². The molecular weight excluding hydrogens is 261 g/mol. The second-order valence-electron chi connectivity index (χ2n) is 4.33. The molecule has 0 aromatic heterocycles. The minimum Gasteiger partial charge on any atom is -0.472 e. The minimum absolute atomic E-state index is 0.422. The zero-order chi connectivity index (χ0) is 13.4. The van der Waals surface area contributed by atoms with Gasteiger partial charge in [0.2, 0.25) is 0 Å². The first-order valence-electron chi connectivity index (χ1n) is 4.36. The largest absolute Gasteiger partial charge is 0.472 e. The van der Waals surface area contributed by atoms with Gasteiger partial charge in [-0.1, -0.05) is 0 Å². The molecule has 0 aromatic carbocycles. The fraction of sp³-hybridized carbons (Fsp3) is 0.857. The molecule has 0 heterocycles. The molecule has 0 radical (unpaired) electrons.